The normalized spacial score (nSPS) is 16.4. The topological polar surface area (TPSA) is 55.3 Å². The summed E-state index contributed by atoms with van der Waals surface area (Å²) in [5, 5.41) is 1.10. The van der Waals surface area contributed by atoms with Crippen molar-refractivity contribution in [1.29, 1.82) is 0 Å². The summed E-state index contributed by atoms with van der Waals surface area (Å²) in [7, 11) is 1.34. The van der Waals surface area contributed by atoms with Gasteiger partial charge >= 0.3 is 5.97 Å². The van der Waals surface area contributed by atoms with Gasteiger partial charge in [-0.15, -0.1) is 0 Å². The van der Waals surface area contributed by atoms with E-state index in [9.17, 15) is 4.79 Å². The highest BCUT2D eigenvalue weighted by atomic mass is 35.5. The zero-order valence-corrected chi connectivity index (χ0v) is 16.7. The highest BCUT2D eigenvalue weighted by Gasteiger charge is 2.26. The summed E-state index contributed by atoms with van der Waals surface area (Å²) in [4.78, 5) is 23.8. The van der Waals surface area contributed by atoms with Crippen LogP contribution in [0.2, 0.25) is 5.02 Å². The molecule has 0 spiro atoms. The van der Waals surface area contributed by atoms with E-state index in [1.54, 1.807) is 24.5 Å². The van der Waals surface area contributed by atoms with E-state index in [1.165, 1.54) is 18.9 Å². The number of rotatable bonds is 4. The molecule has 0 N–H and O–H groups in total. The predicted octanol–water partition coefficient (Wildman–Crippen LogP) is 4.69. The minimum absolute atomic E-state index is 0.347. The molecule has 0 radical (unpaired) electrons. The molecular formula is C19H22ClN3O2S. The van der Waals surface area contributed by atoms with E-state index in [-0.39, 0.29) is 0 Å². The molecule has 1 aromatic heterocycles. The first-order valence-corrected chi connectivity index (χ1v) is 9.71. The number of piperidine rings is 1. The van der Waals surface area contributed by atoms with Gasteiger partial charge in [0, 0.05) is 18.0 Å². The van der Waals surface area contributed by atoms with Crippen LogP contribution in [0.15, 0.2) is 40.5 Å². The molecule has 0 saturated carbocycles. The number of halogens is 1. The molecule has 1 aromatic carbocycles. The minimum atomic E-state index is -0.452. The number of carbonyl (C=O) groups excluding carboxylic acids is 1. The molecule has 0 bridgehead atoms. The number of hydrogen-bond acceptors (Lipinski definition) is 6. The molecule has 2 heterocycles. The van der Waals surface area contributed by atoms with Gasteiger partial charge in [-0.1, -0.05) is 43.3 Å². The molecule has 7 heteroatoms. The Morgan fingerprint density at radius 1 is 1.23 bits per heavy atom. The highest BCUT2D eigenvalue weighted by Crippen LogP contribution is 2.35. The number of esters is 1. The first-order valence-electron chi connectivity index (χ1n) is 8.51. The lowest BCUT2D eigenvalue weighted by Crippen LogP contribution is -2.37. The number of ether oxygens (including phenoxy) is 1. The van der Waals surface area contributed by atoms with Gasteiger partial charge in [-0.05, 0) is 30.4 Å². The first-order chi connectivity index (χ1) is 12.4. The molecule has 0 amide bonds. The maximum absolute atomic E-state index is 11.8. The van der Waals surface area contributed by atoms with Crippen LogP contribution in [0.5, 0.6) is 0 Å². The van der Waals surface area contributed by atoms with Gasteiger partial charge in [0.15, 0.2) is 0 Å². The van der Waals surface area contributed by atoms with Crippen LogP contribution in [-0.4, -0.2) is 36.1 Å². The van der Waals surface area contributed by atoms with Crippen LogP contribution in [-0.2, 0) is 4.74 Å². The first kappa shape index (κ1) is 19.0. The quantitative estimate of drug-likeness (QED) is 0.704. The van der Waals surface area contributed by atoms with Gasteiger partial charge in [-0.3, -0.25) is 0 Å². The van der Waals surface area contributed by atoms with Gasteiger partial charge in [0.1, 0.15) is 10.8 Å². The van der Waals surface area contributed by atoms with Crippen LogP contribution in [0.1, 0.15) is 37.0 Å². The third kappa shape index (κ3) is 4.30. The lowest BCUT2D eigenvalue weighted by molar-refractivity contribution is 0.0600. The fourth-order valence-corrected chi connectivity index (χ4v) is 3.94. The SMILES string of the molecule is COC(=O)c1cccc(Sc2cnc(N3CCC(C)(C)CC3)cn2)c1Cl. The van der Waals surface area contributed by atoms with Gasteiger partial charge in [-0.25, -0.2) is 14.8 Å². The molecule has 3 rings (SSSR count). The Bertz CT molecular complexity index is 786. The summed E-state index contributed by atoms with van der Waals surface area (Å²) in [6, 6.07) is 5.27. The number of anilines is 1. The molecule has 138 valence electrons. The molecule has 1 aliphatic rings. The lowest BCUT2D eigenvalue weighted by Gasteiger charge is -2.37. The summed E-state index contributed by atoms with van der Waals surface area (Å²) < 4.78 is 4.75. The maximum Gasteiger partial charge on any atom is 0.339 e. The summed E-state index contributed by atoms with van der Waals surface area (Å²) in [5.74, 6) is 0.450. The Morgan fingerprint density at radius 3 is 2.58 bits per heavy atom. The standard InChI is InChI=1S/C19H22ClN3O2S/c1-19(2)7-9-23(10-8-19)15-11-22-16(12-21-15)26-14-6-4-5-13(17(14)20)18(24)25-3/h4-6,11-12H,7-10H2,1-3H3. The maximum atomic E-state index is 11.8. The van der Waals surface area contributed by atoms with Crippen LogP contribution in [0, 0.1) is 5.41 Å². The fourth-order valence-electron chi connectivity index (χ4n) is 2.84. The minimum Gasteiger partial charge on any atom is -0.465 e. The summed E-state index contributed by atoms with van der Waals surface area (Å²) >= 11 is 7.71. The zero-order chi connectivity index (χ0) is 18.7. The molecule has 5 nitrogen and oxygen atoms in total. The molecule has 0 aliphatic carbocycles. The average Bonchev–Trinajstić information content (AvgIpc) is 2.63. The van der Waals surface area contributed by atoms with E-state index >= 15 is 0 Å². The van der Waals surface area contributed by atoms with Gasteiger partial charge in [-0.2, -0.15) is 0 Å². The van der Waals surface area contributed by atoms with Crippen molar-refractivity contribution in [2.75, 3.05) is 25.1 Å². The number of hydrogen-bond donors (Lipinski definition) is 0. The molecular weight excluding hydrogens is 370 g/mol. The van der Waals surface area contributed by atoms with Crippen LogP contribution in [0.25, 0.3) is 0 Å². The smallest absolute Gasteiger partial charge is 0.339 e. The number of benzene rings is 1. The van der Waals surface area contributed by atoms with Crippen molar-refractivity contribution in [3.63, 3.8) is 0 Å². The van der Waals surface area contributed by atoms with Crippen LogP contribution < -0.4 is 4.90 Å². The second kappa shape index (κ2) is 7.84. The van der Waals surface area contributed by atoms with E-state index < -0.39 is 5.97 Å². The van der Waals surface area contributed by atoms with Gasteiger partial charge in [0.05, 0.1) is 30.1 Å². The van der Waals surface area contributed by atoms with Gasteiger partial charge in [0.25, 0.3) is 0 Å². The van der Waals surface area contributed by atoms with Crippen molar-refractivity contribution in [3.8, 4) is 0 Å². The Kier molecular flexibility index (Phi) is 5.73. The lowest BCUT2D eigenvalue weighted by atomic mass is 9.83. The monoisotopic (exact) mass is 391 g/mol. The van der Waals surface area contributed by atoms with Crippen molar-refractivity contribution in [1.82, 2.24) is 9.97 Å². The summed E-state index contributed by atoms with van der Waals surface area (Å²) in [6.45, 7) is 6.62. The summed E-state index contributed by atoms with van der Waals surface area (Å²) in [6.07, 6.45) is 5.86. The van der Waals surface area contributed by atoms with Crippen LogP contribution in [0.4, 0.5) is 5.82 Å². The molecule has 0 unspecified atom stereocenters. The van der Waals surface area contributed by atoms with E-state index in [0.29, 0.717) is 16.0 Å². The van der Waals surface area contributed by atoms with Crippen molar-refractivity contribution in [2.45, 2.75) is 36.6 Å². The Hall–Kier alpha value is -1.79. The summed E-state index contributed by atoms with van der Waals surface area (Å²) in [5.41, 5.74) is 0.751. The van der Waals surface area contributed by atoms with E-state index in [4.69, 9.17) is 16.3 Å². The van der Waals surface area contributed by atoms with Crippen molar-refractivity contribution in [3.05, 3.63) is 41.2 Å². The van der Waals surface area contributed by atoms with E-state index in [1.807, 2.05) is 6.07 Å². The Balaban J connectivity index is 1.71. The molecule has 1 aliphatic heterocycles. The van der Waals surface area contributed by atoms with Crippen LogP contribution in [0.3, 0.4) is 0 Å². The third-order valence-electron chi connectivity index (χ3n) is 4.64. The number of nitrogens with zero attached hydrogens (tertiary/aromatic N) is 3. The number of carbonyl (C=O) groups is 1. The molecule has 1 saturated heterocycles. The van der Waals surface area contributed by atoms with Crippen molar-refractivity contribution < 1.29 is 9.53 Å². The Morgan fingerprint density at radius 2 is 1.96 bits per heavy atom. The molecule has 2 aromatic rings. The predicted molar refractivity (Wildman–Crippen MR) is 104 cm³/mol. The van der Waals surface area contributed by atoms with E-state index in [0.717, 1.165) is 41.7 Å². The van der Waals surface area contributed by atoms with Crippen molar-refractivity contribution in [2.24, 2.45) is 5.41 Å². The molecule has 26 heavy (non-hydrogen) atoms. The molecule has 0 atom stereocenters. The number of methoxy groups -OCH3 is 1. The van der Waals surface area contributed by atoms with Gasteiger partial charge in [0.2, 0.25) is 0 Å². The second-order valence-electron chi connectivity index (χ2n) is 7.08. The highest BCUT2D eigenvalue weighted by molar-refractivity contribution is 7.99. The Labute approximate surface area is 163 Å². The molecule has 1 fully saturated rings. The van der Waals surface area contributed by atoms with E-state index in [2.05, 4.69) is 28.7 Å². The largest absolute Gasteiger partial charge is 0.465 e. The van der Waals surface area contributed by atoms with Gasteiger partial charge < -0.3 is 9.64 Å². The zero-order valence-electron chi connectivity index (χ0n) is 15.2. The fraction of sp³-hybridized carbons (Fsp3) is 0.421. The third-order valence-corrected chi connectivity index (χ3v) is 6.14. The second-order valence-corrected chi connectivity index (χ2v) is 8.52. The van der Waals surface area contributed by atoms with Crippen molar-refractivity contribution >= 4 is 35.1 Å². The average molecular weight is 392 g/mol. The van der Waals surface area contributed by atoms with Crippen LogP contribution >= 0.6 is 23.4 Å². The number of aromatic nitrogens is 2.